The van der Waals surface area contributed by atoms with Crippen molar-refractivity contribution in [3.8, 4) is 0 Å². The highest BCUT2D eigenvalue weighted by atomic mass is 79.9. The Morgan fingerprint density at radius 3 is 2.69 bits per heavy atom. The van der Waals surface area contributed by atoms with Crippen molar-refractivity contribution in [1.29, 1.82) is 0 Å². The first-order chi connectivity index (χ1) is 6.19. The highest BCUT2D eigenvalue weighted by Gasteiger charge is 2.12. The van der Waals surface area contributed by atoms with Crippen LogP contribution in [0.4, 0.5) is 5.69 Å². The van der Waals surface area contributed by atoms with E-state index in [-0.39, 0.29) is 12.3 Å². The predicted octanol–water partition coefficient (Wildman–Crippen LogP) is 1.98. The first-order valence-electron chi connectivity index (χ1n) is 3.62. The molecule has 5 heteroatoms. The highest BCUT2D eigenvalue weighted by molar-refractivity contribution is 9.08. The second kappa shape index (κ2) is 4.34. The largest absolute Gasteiger partial charge is 0.392 e. The molecule has 0 saturated heterocycles. The van der Waals surface area contributed by atoms with E-state index in [0.29, 0.717) is 16.5 Å². The van der Waals surface area contributed by atoms with Crippen molar-refractivity contribution in [1.82, 2.24) is 0 Å². The molecule has 0 unspecified atom stereocenters. The van der Waals surface area contributed by atoms with Gasteiger partial charge in [-0.3, -0.25) is 10.1 Å². The van der Waals surface area contributed by atoms with Crippen molar-refractivity contribution in [3.63, 3.8) is 0 Å². The van der Waals surface area contributed by atoms with Gasteiger partial charge < -0.3 is 5.11 Å². The van der Waals surface area contributed by atoms with Crippen LogP contribution in [0, 0.1) is 10.1 Å². The second-order valence-corrected chi connectivity index (χ2v) is 3.07. The Kier molecular flexibility index (Phi) is 3.39. The summed E-state index contributed by atoms with van der Waals surface area (Å²) >= 11 is 3.16. The van der Waals surface area contributed by atoms with Crippen LogP contribution in [0.15, 0.2) is 18.2 Å². The molecular formula is C8H8BrNO3. The summed E-state index contributed by atoms with van der Waals surface area (Å²) in [6.45, 7) is -0.177. The summed E-state index contributed by atoms with van der Waals surface area (Å²) in [6.07, 6.45) is 0. The van der Waals surface area contributed by atoms with Crippen molar-refractivity contribution in [2.75, 3.05) is 0 Å². The number of benzene rings is 1. The van der Waals surface area contributed by atoms with Gasteiger partial charge in [-0.1, -0.05) is 28.1 Å². The fourth-order valence-corrected chi connectivity index (χ4v) is 1.46. The summed E-state index contributed by atoms with van der Waals surface area (Å²) in [5.41, 5.74) is 1.21. The lowest BCUT2D eigenvalue weighted by atomic mass is 10.1. The SMILES string of the molecule is O=[N+]([O-])c1cc(CO)ccc1CBr. The van der Waals surface area contributed by atoms with Crippen molar-refractivity contribution >= 4 is 21.6 Å². The number of alkyl halides is 1. The van der Waals surface area contributed by atoms with E-state index in [1.165, 1.54) is 6.07 Å². The van der Waals surface area contributed by atoms with Crippen LogP contribution in [0.2, 0.25) is 0 Å². The van der Waals surface area contributed by atoms with Crippen LogP contribution in [-0.2, 0) is 11.9 Å². The first-order valence-corrected chi connectivity index (χ1v) is 4.74. The lowest BCUT2D eigenvalue weighted by molar-refractivity contribution is -0.385. The highest BCUT2D eigenvalue weighted by Crippen LogP contribution is 2.22. The number of hydrogen-bond donors (Lipinski definition) is 1. The summed E-state index contributed by atoms with van der Waals surface area (Å²) in [5.74, 6) is 0. The van der Waals surface area contributed by atoms with Gasteiger partial charge in [-0.05, 0) is 5.56 Å². The van der Waals surface area contributed by atoms with Crippen molar-refractivity contribution < 1.29 is 10.0 Å². The van der Waals surface area contributed by atoms with Crippen LogP contribution >= 0.6 is 15.9 Å². The molecule has 1 rings (SSSR count). The van der Waals surface area contributed by atoms with Gasteiger partial charge in [0.1, 0.15) is 0 Å². The van der Waals surface area contributed by atoms with Crippen LogP contribution in [0.1, 0.15) is 11.1 Å². The minimum absolute atomic E-state index is 0.0448. The normalized spacial score (nSPS) is 10.0. The average molecular weight is 246 g/mol. The molecule has 0 spiro atoms. The zero-order chi connectivity index (χ0) is 9.84. The van der Waals surface area contributed by atoms with Gasteiger partial charge in [-0.2, -0.15) is 0 Å². The Labute approximate surface area is 83.5 Å². The third-order valence-corrected chi connectivity index (χ3v) is 2.28. The molecule has 0 heterocycles. The molecule has 0 aliphatic heterocycles. The lowest BCUT2D eigenvalue weighted by Gasteiger charge is -2.00. The predicted molar refractivity (Wildman–Crippen MR) is 51.7 cm³/mol. The molecule has 4 nitrogen and oxygen atoms in total. The lowest BCUT2D eigenvalue weighted by Crippen LogP contribution is -1.95. The van der Waals surface area contributed by atoms with Crippen molar-refractivity contribution in [3.05, 3.63) is 39.4 Å². The van der Waals surface area contributed by atoms with Crippen LogP contribution in [-0.4, -0.2) is 10.0 Å². The molecule has 0 saturated carbocycles. The quantitative estimate of drug-likeness (QED) is 0.503. The van der Waals surface area contributed by atoms with E-state index < -0.39 is 4.92 Å². The molecule has 13 heavy (non-hydrogen) atoms. The number of aliphatic hydroxyl groups is 1. The van der Waals surface area contributed by atoms with E-state index in [2.05, 4.69) is 15.9 Å². The molecule has 0 radical (unpaired) electrons. The van der Waals surface area contributed by atoms with Gasteiger partial charge in [0.15, 0.2) is 0 Å². The second-order valence-electron chi connectivity index (χ2n) is 2.51. The summed E-state index contributed by atoms with van der Waals surface area (Å²) < 4.78 is 0. The molecular weight excluding hydrogens is 238 g/mol. The maximum atomic E-state index is 10.6. The van der Waals surface area contributed by atoms with E-state index in [1.807, 2.05) is 0 Å². The molecule has 1 aromatic carbocycles. The summed E-state index contributed by atoms with van der Waals surface area (Å²) in [4.78, 5) is 10.1. The number of nitro groups is 1. The minimum Gasteiger partial charge on any atom is -0.392 e. The summed E-state index contributed by atoms with van der Waals surface area (Å²) in [6, 6.07) is 4.69. The number of nitro benzene ring substituents is 1. The van der Waals surface area contributed by atoms with Gasteiger partial charge in [0.2, 0.25) is 0 Å². The topological polar surface area (TPSA) is 63.4 Å². The average Bonchev–Trinajstić information content (AvgIpc) is 2.16. The van der Waals surface area contributed by atoms with E-state index in [4.69, 9.17) is 5.11 Å². The molecule has 70 valence electrons. The third-order valence-electron chi connectivity index (χ3n) is 1.67. The van der Waals surface area contributed by atoms with E-state index in [9.17, 15) is 10.1 Å². The molecule has 1 aromatic rings. The number of rotatable bonds is 3. The van der Waals surface area contributed by atoms with Crippen molar-refractivity contribution in [2.45, 2.75) is 11.9 Å². The number of hydrogen-bond acceptors (Lipinski definition) is 3. The fraction of sp³-hybridized carbons (Fsp3) is 0.250. The molecule has 0 aliphatic rings. The molecule has 1 N–H and O–H groups in total. The number of halogens is 1. The number of nitrogens with zero attached hydrogens (tertiary/aromatic N) is 1. The van der Waals surface area contributed by atoms with E-state index >= 15 is 0 Å². The smallest absolute Gasteiger partial charge is 0.273 e. The van der Waals surface area contributed by atoms with Crippen LogP contribution in [0.25, 0.3) is 0 Å². The zero-order valence-electron chi connectivity index (χ0n) is 6.74. The first kappa shape index (κ1) is 10.1. The third kappa shape index (κ3) is 2.26. The Morgan fingerprint density at radius 1 is 1.54 bits per heavy atom. The van der Waals surface area contributed by atoms with Crippen molar-refractivity contribution in [2.24, 2.45) is 0 Å². The molecule has 0 bridgehead atoms. The minimum atomic E-state index is -0.449. The molecule has 0 amide bonds. The Morgan fingerprint density at radius 2 is 2.23 bits per heavy atom. The van der Waals surface area contributed by atoms with Gasteiger partial charge in [0, 0.05) is 17.0 Å². The summed E-state index contributed by atoms with van der Waals surface area (Å²) in [7, 11) is 0. The summed E-state index contributed by atoms with van der Waals surface area (Å²) in [5, 5.41) is 19.8. The maximum Gasteiger partial charge on any atom is 0.273 e. The Balaban J connectivity index is 3.18. The Bertz CT molecular complexity index is 327. The molecule has 0 aliphatic carbocycles. The Hall–Kier alpha value is -0.940. The van der Waals surface area contributed by atoms with Gasteiger partial charge in [-0.25, -0.2) is 0 Å². The van der Waals surface area contributed by atoms with Gasteiger partial charge in [0.05, 0.1) is 11.5 Å². The standard InChI is InChI=1S/C8H8BrNO3/c9-4-7-2-1-6(5-11)3-8(7)10(12)13/h1-3,11H,4-5H2. The van der Waals surface area contributed by atoms with Gasteiger partial charge in [-0.15, -0.1) is 0 Å². The fourth-order valence-electron chi connectivity index (χ4n) is 0.991. The maximum absolute atomic E-state index is 10.6. The van der Waals surface area contributed by atoms with Crippen LogP contribution in [0.5, 0.6) is 0 Å². The van der Waals surface area contributed by atoms with E-state index in [1.54, 1.807) is 12.1 Å². The zero-order valence-corrected chi connectivity index (χ0v) is 8.32. The monoisotopic (exact) mass is 245 g/mol. The molecule has 0 aromatic heterocycles. The van der Waals surface area contributed by atoms with Crippen LogP contribution < -0.4 is 0 Å². The molecule has 0 atom stereocenters. The van der Waals surface area contributed by atoms with E-state index in [0.717, 1.165) is 0 Å². The van der Waals surface area contributed by atoms with Crippen LogP contribution in [0.3, 0.4) is 0 Å². The van der Waals surface area contributed by atoms with Gasteiger partial charge in [0.25, 0.3) is 5.69 Å². The number of aliphatic hydroxyl groups excluding tert-OH is 1. The molecule has 0 fully saturated rings. The van der Waals surface area contributed by atoms with Gasteiger partial charge >= 0.3 is 0 Å².